The summed E-state index contributed by atoms with van der Waals surface area (Å²) in [6, 6.07) is 13.1. The van der Waals surface area contributed by atoms with Gasteiger partial charge in [0.15, 0.2) is 6.10 Å². The van der Waals surface area contributed by atoms with Crippen LogP contribution < -0.4 is 4.74 Å². The maximum absolute atomic E-state index is 13.0. The van der Waals surface area contributed by atoms with Crippen molar-refractivity contribution in [2.24, 2.45) is 0 Å². The van der Waals surface area contributed by atoms with Gasteiger partial charge in [0.05, 0.1) is 12.9 Å². The van der Waals surface area contributed by atoms with E-state index >= 15 is 0 Å². The first kappa shape index (κ1) is 18.9. The van der Waals surface area contributed by atoms with Gasteiger partial charge in [0, 0.05) is 10.5 Å². The first-order valence-electron chi connectivity index (χ1n) is 8.11. The van der Waals surface area contributed by atoms with E-state index in [-0.39, 0.29) is 23.4 Å². The van der Waals surface area contributed by atoms with Crippen LogP contribution in [0.25, 0.3) is 11.5 Å². The van der Waals surface area contributed by atoms with Crippen LogP contribution in [0.5, 0.6) is 5.75 Å². The summed E-state index contributed by atoms with van der Waals surface area (Å²) in [5.74, 6) is 0.567. The number of methoxy groups -OCH3 is 1. The van der Waals surface area contributed by atoms with Gasteiger partial charge >= 0.3 is 5.97 Å². The van der Waals surface area contributed by atoms with Crippen LogP contribution >= 0.6 is 11.8 Å². The number of thioether (sulfide) groups is 1. The molecule has 3 rings (SSSR count). The molecule has 6 nitrogen and oxygen atoms in total. The summed E-state index contributed by atoms with van der Waals surface area (Å²) in [6.45, 7) is 1.65. The lowest BCUT2D eigenvalue weighted by Gasteiger charge is -2.09. The van der Waals surface area contributed by atoms with E-state index in [1.165, 1.54) is 36.0 Å². The van der Waals surface area contributed by atoms with E-state index in [1.54, 1.807) is 14.0 Å². The van der Waals surface area contributed by atoms with Crippen LogP contribution in [0.4, 0.5) is 4.39 Å². The standard InChI is InChI=1S/C19H17FN2O4S/c1-12(18-21-22-19(26-18)13-3-5-14(20)6-4-13)25-17(23)11-27-16-9-7-15(24-2)8-10-16/h3-10,12H,11H2,1-2H3/t12-/m0/s1. The molecule has 0 amide bonds. The van der Waals surface area contributed by atoms with Gasteiger partial charge in [-0.15, -0.1) is 22.0 Å². The summed E-state index contributed by atoms with van der Waals surface area (Å²) < 4.78 is 28.9. The number of ether oxygens (including phenoxy) is 2. The van der Waals surface area contributed by atoms with Crippen molar-refractivity contribution in [1.29, 1.82) is 0 Å². The average Bonchev–Trinajstić information content (AvgIpc) is 3.18. The number of halogens is 1. The van der Waals surface area contributed by atoms with E-state index in [9.17, 15) is 9.18 Å². The molecule has 27 heavy (non-hydrogen) atoms. The number of hydrogen-bond acceptors (Lipinski definition) is 7. The Morgan fingerprint density at radius 1 is 1.15 bits per heavy atom. The van der Waals surface area contributed by atoms with E-state index in [0.29, 0.717) is 5.56 Å². The zero-order valence-corrected chi connectivity index (χ0v) is 15.5. The molecule has 0 unspecified atom stereocenters. The lowest BCUT2D eigenvalue weighted by molar-refractivity contribution is -0.146. The van der Waals surface area contributed by atoms with Crippen molar-refractivity contribution in [2.45, 2.75) is 17.9 Å². The molecule has 0 N–H and O–H groups in total. The van der Waals surface area contributed by atoms with Gasteiger partial charge in [-0.1, -0.05) is 0 Å². The summed E-state index contributed by atoms with van der Waals surface area (Å²) in [5.41, 5.74) is 0.587. The quantitative estimate of drug-likeness (QED) is 0.442. The lowest BCUT2D eigenvalue weighted by Crippen LogP contribution is -2.11. The number of carbonyl (C=O) groups excluding carboxylic acids is 1. The molecule has 1 heterocycles. The minimum atomic E-state index is -0.685. The average molecular weight is 388 g/mol. The predicted molar refractivity (Wildman–Crippen MR) is 97.9 cm³/mol. The molecule has 0 bridgehead atoms. The molecule has 2 aromatic carbocycles. The second kappa shape index (κ2) is 8.68. The SMILES string of the molecule is COc1ccc(SCC(=O)O[C@@H](C)c2nnc(-c3ccc(F)cc3)o2)cc1. The van der Waals surface area contributed by atoms with Crippen LogP contribution in [-0.2, 0) is 9.53 Å². The van der Waals surface area contributed by atoms with Gasteiger partial charge in [-0.25, -0.2) is 4.39 Å². The highest BCUT2D eigenvalue weighted by atomic mass is 32.2. The maximum Gasteiger partial charge on any atom is 0.317 e. The molecule has 0 aliphatic carbocycles. The Labute approximate surface area is 159 Å². The molecule has 0 saturated carbocycles. The van der Waals surface area contributed by atoms with Crippen molar-refractivity contribution < 1.29 is 23.1 Å². The lowest BCUT2D eigenvalue weighted by atomic mass is 10.2. The summed E-state index contributed by atoms with van der Waals surface area (Å²) in [5, 5.41) is 7.80. The van der Waals surface area contributed by atoms with Crippen LogP contribution in [0.2, 0.25) is 0 Å². The van der Waals surface area contributed by atoms with Crippen LogP contribution in [0.15, 0.2) is 57.8 Å². The highest BCUT2D eigenvalue weighted by Gasteiger charge is 2.19. The summed E-state index contributed by atoms with van der Waals surface area (Å²) in [7, 11) is 1.60. The van der Waals surface area contributed by atoms with Crippen molar-refractivity contribution in [3.8, 4) is 17.2 Å². The normalized spacial score (nSPS) is 11.8. The number of aromatic nitrogens is 2. The van der Waals surface area contributed by atoms with Gasteiger partial charge in [-0.2, -0.15) is 0 Å². The Balaban J connectivity index is 1.54. The van der Waals surface area contributed by atoms with Gasteiger partial charge in [0.25, 0.3) is 5.89 Å². The molecule has 1 atom stereocenters. The van der Waals surface area contributed by atoms with E-state index in [0.717, 1.165) is 10.6 Å². The van der Waals surface area contributed by atoms with Crippen molar-refractivity contribution in [2.75, 3.05) is 12.9 Å². The largest absolute Gasteiger partial charge is 0.497 e. The number of carbonyl (C=O) groups is 1. The van der Waals surface area contributed by atoms with Crippen molar-refractivity contribution in [1.82, 2.24) is 10.2 Å². The maximum atomic E-state index is 13.0. The molecule has 0 radical (unpaired) electrons. The molecule has 8 heteroatoms. The van der Waals surface area contributed by atoms with Gasteiger partial charge in [-0.3, -0.25) is 4.79 Å². The molecule has 140 valence electrons. The molecule has 0 aliphatic rings. The topological polar surface area (TPSA) is 74.5 Å². The third-order valence-corrected chi connectivity index (χ3v) is 4.59. The predicted octanol–water partition coefficient (Wildman–Crippen LogP) is 4.28. The third kappa shape index (κ3) is 5.07. The number of rotatable bonds is 7. The van der Waals surface area contributed by atoms with Crippen molar-refractivity contribution in [3.05, 3.63) is 60.2 Å². The Morgan fingerprint density at radius 2 is 1.85 bits per heavy atom. The fourth-order valence-corrected chi connectivity index (χ4v) is 2.88. The van der Waals surface area contributed by atoms with Gasteiger partial charge in [0.2, 0.25) is 5.89 Å². The van der Waals surface area contributed by atoms with Crippen LogP contribution in [0, 0.1) is 5.82 Å². The van der Waals surface area contributed by atoms with Crippen LogP contribution in [0.1, 0.15) is 18.9 Å². The molecule has 0 fully saturated rings. The van der Waals surface area contributed by atoms with E-state index in [1.807, 2.05) is 24.3 Å². The molecular formula is C19H17FN2O4S. The van der Waals surface area contributed by atoms with Crippen LogP contribution in [-0.4, -0.2) is 29.0 Å². The Kier molecular flexibility index (Phi) is 6.08. The Hall–Kier alpha value is -2.87. The van der Waals surface area contributed by atoms with E-state index < -0.39 is 12.1 Å². The smallest absolute Gasteiger partial charge is 0.317 e. The number of hydrogen-bond donors (Lipinski definition) is 0. The van der Waals surface area contributed by atoms with Crippen molar-refractivity contribution >= 4 is 17.7 Å². The second-order valence-corrected chi connectivity index (χ2v) is 6.60. The number of nitrogens with zero attached hydrogens (tertiary/aromatic N) is 2. The monoisotopic (exact) mass is 388 g/mol. The van der Waals surface area contributed by atoms with E-state index in [4.69, 9.17) is 13.9 Å². The molecule has 0 saturated heterocycles. The third-order valence-electron chi connectivity index (χ3n) is 3.60. The highest BCUT2D eigenvalue weighted by molar-refractivity contribution is 8.00. The first-order chi connectivity index (χ1) is 13.0. The molecular weight excluding hydrogens is 371 g/mol. The molecule has 3 aromatic rings. The zero-order chi connectivity index (χ0) is 19.2. The summed E-state index contributed by atoms with van der Waals surface area (Å²) in [4.78, 5) is 13.0. The minimum absolute atomic E-state index is 0.148. The summed E-state index contributed by atoms with van der Waals surface area (Å²) in [6.07, 6.45) is -0.685. The van der Waals surface area contributed by atoms with Crippen LogP contribution in [0.3, 0.4) is 0 Å². The van der Waals surface area contributed by atoms with E-state index in [2.05, 4.69) is 10.2 Å². The minimum Gasteiger partial charge on any atom is -0.497 e. The van der Waals surface area contributed by atoms with Gasteiger partial charge in [-0.05, 0) is 55.5 Å². The number of benzene rings is 2. The zero-order valence-electron chi connectivity index (χ0n) is 14.7. The molecule has 0 aliphatic heterocycles. The van der Waals surface area contributed by atoms with Gasteiger partial charge < -0.3 is 13.9 Å². The second-order valence-electron chi connectivity index (χ2n) is 5.55. The Bertz CT molecular complexity index is 897. The fourth-order valence-electron chi connectivity index (χ4n) is 2.20. The first-order valence-corrected chi connectivity index (χ1v) is 9.09. The fraction of sp³-hybridized carbons (Fsp3) is 0.211. The van der Waals surface area contributed by atoms with Gasteiger partial charge in [0.1, 0.15) is 11.6 Å². The summed E-state index contributed by atoms with van der Waals surface area (Å²) >= 11 is 1.36. The Morgan fingerprint density at radius 3 is 2.52 bits per heavy atom. The molecule has 0 spiro atoms. The van der Waals surface area contributed by atoms with Crippen molar-refractivity contribution in [3.63, 3.8) is 0 Å². The number of esters is 1. The molecule has 1 aromatic heterocycles. The highest BCUT2D eigenvalue weighted by Crippen LogP contribution is 2.24.